The van der Waals surface area contributed by atoms with Gasteiger partial charge < -0.3 is 15.0 Å². The highest BCUT2D eigenvalue weighted by molar-refractivity contribution is 7.89. The van der Waals surface area contributed by atoms with Crippen LogP contribution in [0.3, 0.4) is 0 Å². The lowest BCUT2D eigenvalue weighted by atomic mass is 9.90. The molecular formula is C30H35N3O4S. The maximum absolute atomic E-state index is 12.9. The fraction of sp³-hybridized carbons (Fsp3) is 0.367. The first-order chi connectivity index (χ1) is 18.4. The van der Waals surface area contributed by atoms with Crippen LogP contribution in [0.1, 0.15) is 30.4 Å². The van der Waals surface area contributed by atoms with Gasteiger partial charge in [0.1, 0.15) is 5.75 Å². The molecule has 1 fully saturated rings. The predicted octanol–water partition coefficient (Wildman–Crippen LogP) is 3.98. The summed E-state index contributed by atoms with van der Waals surface area (Å²) in [7, 11) is -2.10. The average molecular weight is 534 g/mol. The zero-order valence-electron chi connectivity index (χ0n) is 21.8. The van der Waals surface area contributed by atoms with Crippen molar-refractivity contribution in [2.75, 3.05) is 39.8 Å². The van der Waals surface area contributed by atoms with Crippen LogP contribution in [0.15, 0.2) is 71.6 Å². The van der Waals surface area contributed by atoms with Gasteiger partial charge in [-0.25, -0.2) is 13.1 Å². The molecule has 2 aliphatic rings. The van der Waals surface area contributed by atoms with Crippen LogP contribution in [0.5, 0.6) is 5.75 Å². The predicted molar refractivity (Wildman–Crippen MR) is 151 cm³/mol. The van der Waals surface area contributed by atoms with Crippen LogP contribution < -0.4 is 14.8 Å². The number of nitrogens with zero attached hydrogens (tertiary/aromatic N) is 1. The number of fused-ring (bicyclic) bond motifs is 2. The molecule has 0 atom stereocenters. The molecule has 38 heavy (non-hydrogen) atoms. The molecule has 2 N–H and O–H groups in total. The summed E-state index contributed by atoms with van der Waals surface area (Å²) in [6.45, 7) is 2.76. The molecule has 0 aromatic heterocycles. The molecule has 7 nitrogen and oxygen atoms in total. The quantitative estimate of drug-likeness (QED) is 0.434. The lowest BCUT2D eigenvalue weighted by Crippen LogP contribution is -2.45. The molecule has 0 bridgehead atoms. The lowest BCUT2D eigenvalue weighted by molar-refractivity contribution is -0.131. The third-order valence-corrected chi connectivity index (χ3v) is 9.10. The number of aryl methyl sites for hydroxylation is 1. The van der Waals surface area contributed by atoms with Crippen molar-refractivity contribution < 1.29 is 17.9 Å². The maximum atomic E-state index is 12.9. The van der Waals surface area contributed by atoms with E-state index in [2.05, 4.69) is 28.2 Å². The van der Waals surface area contributed by atoms with Crippen LogP contribution in [0.25, 0.3) is 16.3 Å². The van der Waals surface area contributed by atoms with E-state index < -0.39 is 10.0 Å². The molecule has 0 radical (unpaired) electrons. The lowest BCUT2D eigenvalue weighted by Gasteiger charge is -2.32. The Labute approximate surface area is 224 Å². The number of sulfonamides is 1. The number of piperidine rings is 1. The average Bonchev–Trinajstić information content (AvgIpc) is 2.96. The molecule has 5 rings (SSSR count). The summed E-state index contributed by atoms with van der Waals surface area (Å²) in [6.07, 6.45) is 6.24. The third-order valence-electron chi connectivity index (χ3n) is 7.64. The summed E-state index contributed by atoms with van der Waals surface area (Å²) in [5.41, 5.74) is 3.96. The fourth-order valence-electron chi connectivity index (χ4n) is 5.45. The van der Waals surface area contributed by atoms with Crippen LogP contribution in [0.2, 0.25) is 0 Å². The molecule has 1 amide bonds. The summed E-state index contributed by atoms with van der Waals surface area (Å²) < 4.78 is 33.8. The Kier molecular flexibility index (Phi) is 8.12. The molecule has 200 valence electrons. The van der Waals surface area contributed by atoms with Crippen molar-refractivity contribution in [3.8, 4) is 5.75 Å². The number of allylic oxidation sites excluding steroid dienone is 1. The minimum Gasteiger partial charge on any atom is -0.497 e. The highest BCUT2D eigenvalue weighted by Crippen LogP contribution is 2.29. The second-order valence-electron chi connectivity index (χ2n) is 10.0. The standard InChI is InChI=1S/C30H35N3O4S/c1-37-26-13-12-24-7-4-9-25(28(24)18-26)20-31-19-22-14-16-33(17-15-22)30(34)21-32-38(35,36)29-11-5-8-23-6-2-3-10-27(23)29/h2-3,5-6,8-13,18,22,31-32H,4,7,14-17,19-21H2,1H3. The summed E-state index contributed by atoms with van der Waals surface area (Å²) in [5, 5.41) is 5.12. The number of rotatable bonds is 9. The van der Waals surface area contributed by atoms with Crippen LogP contribution in [-0.2, 0) is 21.2 Å². The van der Waals surface area contributed by atoms with Crippen molar-refractivity contribution in [1.29, 1.82) is 0 Å². The van der Waals surface area contributed by atoms with Crippen LogP contribution >= 0.6 is 0 Å². The molecule has 0 unspecified atom stereocenters. The van der Waals surface area contributed by atoms with E-state index in [-0.39, 0.29) is 17.3 Å². The number of nitrogens with one attached hydrogen (secondary N) is 2. The van der Waals surface area contributed by atoms with E-state index in [1.807, 2.05) is 30.3 Å². The number of methoxy groups -OCH3 is 1. The van der Waals surface area contributed by atoms with Gasteiger partial charge in [-0.3, -0.25) is 4.79 Å². The van der Waals surface area contributed by atoms with E-state index in [1.165, 1.54) is 16.7 Å². The van der Waals surface area contributed by atoms with E-state index in [0.717, 1.165) is 49.9 Å². The van der Waals surface area contributed by atoms with Crippen LogP contribution in [-0.4, -0.2) is 59.1 Å². The zero-order valence-corrected chi connectivity index (χ0v) is 22.6. The van der Waals surface area contributed by atoms with E-state index in [0.29, 0.717) is 24.4 Å². The monoisotopic (exact) mass is 533 g/mol. The Morgan fingerprint density at radius 3 is 2.66 bits per heavy atom. The number of likely N-dealkylation sites (tertiary alicyclic amines) is 1. The van der Waals surface area contributed by atoms with Crippen molar-refractivity contribution in [3.05, 3.63) is 77.9 Å². The molecule has 1 saturated heterocycles. The number of ether oxygens (including phenoxy) is 1. The van der Waals surface area contributed by atoms with Gasteiger partial charge >= 0.3 is 0 Å². The number of carbonyl (C=O) groups is 1. The van der Waals surface area contributed by atoms with Gasteiger partial charge in [0.2, 0.25) is 15.9 Å². The van der Waals surface area contributed by atoms with Gasteiger partial charge in [-0.15, -0.1) is 0 Å². The Bertz CT molecular complexity index is 1440. The van der Waals surface area contributed by atoms with Crippen molar-refractivity contribution in [2.45, 2.75) is 30.6 Å². The maximum Gasteiger partial charge on any atom is 0.241 e. The van der Waals surface area contributed by atoms with Gasteiger partial charge in [0.05, 0.1) is 18.6 Å². The summed E-state index contributed by atoms with van der Waals surface area (Å²) in [6, 6.07) is 18.8. The first kappa shape index (κ1) is 26.4. The van der Waals surface area contributed by atoms with E-state index in [1.54, 1.807) is 30.2 Å². The first-order valence-corrected chi connectivity index (χ1v) is 14.7. The Morgan fingerprint density at radius 1 is 1.05 bits per heavy atom. The normalized spacial score (nSPS) is 16.2. The van der Waals surface area contributed by atoms with Gasteiger partial charge in [-0.05, 0) is 78.4 Å². The number of benzene rings is 3. The molecule has 1 heterocycles. The number of hydrogen-bond acceptors (Lipinski definition) is 5. The fourth-order valence-corrected chi connectivity index (χ4v) is 6.65. The number of amides is 1. The Morgan fingerprint density at radius 2 is 1.84 bits per heavy atom. The first-order valence-electron chi connectivity index (χ1n) is 13.3. The topological polar surface area (TPSA) is 87.7 Å². The summed E-state index contributed by atoms with van der Waals surface area (Å²) in [5.74, 6) is 1.19. The summed E-state index contributed by atoms with van der Waals surface area (Å²) in [4.78, 5) is 14.8. The van der Waals surface area contributed by atoms with Crippen LogP contribution in [0, 0.1) is 5.92 Å². The van der Waals surface area contributed by atoms with Crippen molar-refractivity contribution in [3.63, 3.8) is 0 Å². The minimum atomic E-state index is -3.80. The van der Waals surface area contributed by atoms with E-state index in [4.69, 9.17) is 4.74 Å². The van der Waals surface area contributed by atoms with E-state index in [9.17, 15) is 13.2 Å². The Hall–Kier alpha value is -3.20. The Balaban J connectivity index is 1.08. The highest BCUT2D eigenvalue weighted by atomic mass is 32.2. The molecule has 1 aliphatic heterocycles. The van der Waals surface area contributed by atoms with E-state index >= 15 is 0 Å². The SMILES string of the molecule is COc1ccc2c(c1)C(CNCC1CCN(C(=O)CNS(=O)(=O)c3cccc4ccccc34)CC1)=CCC2. The molecule has 0 saturated carbocycles. The number of carbonyl (C=O) groups excluding carboxylic acids is 1. The van der Waals surface area contributed by atoms with Gasteiger partial charge in [0, 0.05) is 25.0 Å². The van der Waals surface area contributed by atoms with Gasteiger partial charge in [0.15, 0.2) is 0 Å². The largest absolute Gasteiger partial charge is 0.497 e. The second-order valence-corrected chi connectivity index (χ2v) is 11.8. The van der Waals surface area contributed by atoms with Crippen molar-refractivity contribution in [2.24, 2.45) is 5.92 Å². The van der Waals surface area contributed by atoms with Gasteiger partial charge in [0.25, 0.3) is 0 Å². The molecular weight excluding hydrogens is 498 g/mol. The molecule has 0 spiro atoms. The summed E-state index contributed by atoms with van der Waals surface area (Å²) >= 11 is 0. The minimum absolute atomic E-state index is 0.182. The highest BCUT2D eigenvalue weighted by Gasteiger charge is 2.25. The molecule has 3 aromatic rings. The molecule has 3 aromatic carbocycles. The molecule has 8 heteroatoms. The van der Waals surface area contributed by atoms with Crippen LogP contribution in [0.4, 0.5) is 0 Å². The molecule has 1 aliphatic carbocycles. The number of hydrogen-bond donors (Lipinski definition) is 2. The second kappa shape index (κ2) is 11.7. The van der Waals surface area contributed by atoms with Gasteiger partial charge in [-0.1, -0.05) is 48.5 Å². The van der Waals surface area contributed by atoms with Crippen molar-refractivity contribution in [1.82, 2.24) is 14.9 Å². The third kappa shape index (κ3) is 5.93. The smallest absolute Gasteiger partial charge is 0.241 e. The zero-order chi connectivity index (χ0) is 26.5. The van der Waals surface area contributed by atoms with Crippen molar-refractivity contribution >= 4 is 32.3 Å². The van der Waals surface area contributed by atoms with Gasteiger partial charge in [-0.2, -0.15) is 0 Å².